The van der Waals surface area contributed by atoms with Crippen molar-refractivity contribution < 1.29 is 10.2 Å². The number of aliphatic hydroxyl groups excluding tert-OH is 1. The Bertz CT molecular complexity index is 1060. The van der Waals surface area contributed by atoms with Crippen molar-refractivity contribution in [3.8, 4) is 16.2 Å². The Labute approximate surface area is 161 Å². The fraction of sp³-hybridized carbons (Fsp3) is 0.143. The number of hydrogen-bond donors (Lipinski definition) is 3. The summed E-state index contributed by atoms with van der Waals surface area (Å²) >= 11 is 1.64. The molecule has 0 bridgehead atoms. The van der Waals surface area contributed by atoms with Crippen LogP contribution in [0.5, 0.6) is 5.75 Å². The summed E-state index contributed by atoms with van der Waals surface area (Å²) in [5.74, 6) is 1.11. The van der Waals surface area contributed by atoms with Crippen molar-refractivity contribution in [1.82, 2.24) is 9.97 Å². The second-order valence-corrected chi connectivity index (χ2v) is 7.30. The van der Waals surface area contributed by atoms with E-state index in [1.807, 2.05) is 36.4 Å². The normalized spacial score (nSPS) is 11.0. The quantitative estimate of drug-likeness (QED) is 0.469. The van der Waals surface area contributed by atoms with Gasteiger partial charge in [-0.05, 0) is 47.4 Å². The molecule has 6 heteroatoms. The molecule has 0 saturated carbocycles. The Kier molecular flexibility index (Phi) is 5.00. The van der Waals surface area contributed by atoms with Crippen LogP contribution in [0.4, 0.5) is 5.82 Å². The smallest absolute Gasteiger partial charge is 0.147 e. The van der Waals surface area contributed by atoms with Gasteiger partial charge in [0.25, 0.3) is 0 Å². The van der Waals surface area contributed by atoms with E-state index in [9.17, 15) is 10.2 Å². The standard InChI is InChI=1S/C21H19N3O2S/c25-12-15-2-1-3-16(10-15)19-11-18-20(27-19)21(24-13-23-18)22-9-8-14-4-6-17(26)7-5-14/h1-7,10-11,13,25-26H,8-9,12H2,(H,22,23,24). The second-order valence-electron chi connectivity index (χ2n) is 6.25. The molecule has 0 aliphatic rings. The Morgan fingerprint density at radius 3 is 2.63 bits per heavy atom. The number of benzene rings is 2. The average Bonchev–Trinajstić information content (AvgIpc) is 3.15. The third-order valence-electron chi connectivity index (χ3n) is 4.35. The van der Waals surface area contributed by atoms with E-state index in [4.69, 9.17) is 0 Å². The number of anilines is 1. The van der Waals surface area contributed by atoms with Crippen molar-refractivity contribution in [3.05, 3.63) is 72.1 Å². The Morgan fingerprint density at radius 1 is 0.963 bits per heavy atom. The predicted octanol–water partition coefficient (Wildman–Crippen LogP) is 4.21. The van der Waals surface area contributed by atoms with E-state index in [0.717, 1.165) is 50.6 Å². The highest BCUT2D eigenvalue weighted by Gasteiger charge is 2.10. The molecule has 0 unspecified atom stereocenters. The highest BCUT2D eigenvalue weighted by molar-refractivity contribution is 7.22. The van der Waals surface area contributed by atoms with Gasteiger partial charge in [-0.25, -0.2) is 9.97 Å². The lowest BCUT2D eigenvalue weighted by Crippen LogP contribution is -2.06. The molecule has 3 N–H and O–H groups in total. The van der Waals surface area contributed by atoms with Crippen molar-refractivity contribution >= 4 is 27.4 Å². The van der Waals surface area contributed by atoms with Gasteiger partial charge in [-0.2, -0.15) is 0 Å². The molecule has 0 radical (unpaired) electrons. The summed E-state index contributed by atoms with van der Waals surface area (Å²) in [6.07, 6.45) is 2.41. The zero-order chi connectivity index (χ0) is 18.6. The summed E-state index contributed by atoms with van der Waals surface area (Å²) in [5.41, 5.74) is 4.02. The van der Waals surface area contributed by atoms with Gasteiger partial charge in [-0.3, -0.25) is 0 Å². The summed E-state index contributed by atoms with van der Waals surface area (Å²) in [7, 11) is 0. The van der Waals surface area contributed by atoms with Crippen LogP contribution in [-0.4, -0.2) is 26.7 Å². The monoisotopic (exact) mass is 377 g/mol. The minimum absolute atomic E-state index is 0.0304. The minimum Gasteiger partial charge on any atom is -0.508 e. The Balaban J connectivity index is 1.54. The van der Waals surface area contributed by atoms with E-state index in [-0.39, 0.29) is 12.4 Å². The number of phenolic OH excluding ortho intramolecular Hbond substituents is 1. The maximum atomic E-state index is 9.36. The topological polar surface area (TPSA) is 78.3 Å². The van der Waals surface area contributed by atoms with Gasteiger partial charge in [-0.15, -0.1) is 11.3 Å². The molecule has 2 aromatic carbocycles. The van der Waals surface area contributed by atoms with Crippen molar-refractivity contribution in [2.45, 2.75) is 13.0 Å². The van der Waals surface area contributed by atoms with Crippen LogP contribution in [0, 0.1) is 0 Å². The number of nitrogens with one attached hydrogen (secondary N) is 1. The number of rotatable bonds is 6. The maximum Gasteiger partial charge on any atom is 0.147 e. The molecule has 0 spiro atoms. The number of phenols is 1. The molecule has 27 heavy (non-hydrogen) atoms. The van der Waals surface area contributed by atoms with Gasteiger partial charge in [0.15, 0.2) is 0 Å². The van der Waals surface area contributed by atoms with Crippen LogP contribution in [0.15, 0.2) is 60.9 Å². The molecule has 4 aromatic rings. The van der Waals surface area contributed by atoms with E-state index in [1.54, 1.807) is 29.8 Å². The largest absolute Gasteiger partial charge is 0.508 e. The van der Waals surface area contributed by atoms with Gasteiger partial charge >= 0.3 is 0 Å². The first-order chi connectivity index (χ1) is 13.2. The van der Waals surface area contributed by atoms with Crippen molar-refractivity contribution in [2.24, 2.45) is 0 Å². The predicted molar refractivity (Wildman–Crippen MR) is 109 cm³/mol. The van der Waals surface area contributed by atoms with Crippen LogP contribution in [0.25, 0.3) is 20.7 Å². The first-order valence-corrected chi connectivity index (χ1v) is 9.51. The number of aromatic hydroxyl groups is 1. The lowest BCUT2D eigenvalue weighted by Gasteiger charge is -2.06. The summed E-state index contributed by atoms with van der Waals surface area (Å²) < 4.78 is 1.02. The molecule has 136 valence electrons. The summed E-state index contributed by atoms with van der Waals surface area (Å²) in [5, 5.41) is 22.1. The Morgan fingerprint density at radius 2 is 1.81 bits per heavy atom. The van der Waals surface area contributed by atoms with Crippen molar-refractivity contribution in [2.75, 3.05) is 11.9 Å². The molecule has 5 nitrogen and oxygen atoms in total. The van der Waals surface area contributed by atoms with E-state index in [0.29, 0.717) is 0 Å². The number of aliphatic hydroxyl groups is 1. The van der Waals surface area contributed by atoms with Gasteiger partial charge in [0.1, 0.15) is 17.9 Å². The molecule has 0 aliphatic carbocycles. The zero-order valence-corrected chi connectivity index (χ0v) is 15.4. The number of thiophene rings is 1. The summed E-state index contributed by atoms with van der Waals surface area (Å²) in [6, 6.07) is 17.2. The molecule has 2 aromatic heterocycles. The van der Waals surface area contributed by atoms with Crippen LogP contribution >= 0.6 is 11.3 Å². The highest BCUT2D eigenvalue weighted by Crippen LogP contribution is 2.35. The van der Waals surface area contributed by atoms with Gasteiger partial charge in [-0.1, -0.05) is 30.3 Å². The van der Waals surface area contributed by atoms with E-state index in [2.05, 4.69) is 21.4 Å². The first kappa shape index (κ1) is 17.5. The highest BCUT2D eigenvalue weighted by atomic mass is 32.1. The Hall–Kier alpha value is -2.96. The van der Waals surface area contributed by atoms with Gasteiger partial charge in [0.05, 0.1) is 16.8 Å². The average molecular weight is 377 g/mol. The van der Waals surface area contributed by atoms with Crippen molar-refractivity contribution in [1.29, 1.82) is 0 Å². The number of aromatic nitrogens is 2. The number of hydrogen-bond acceptors (Lipinski definition) is 6. The summed E-state index contributed by atoms with van der Waals surface area (Å²) in [4.78, 5) is 9.89. The third-order valence-corrected chi connectivity index (χ3v) is 5.53. The van der Waals surface area contributed by atoms with Crippen LogP contribution in [0.1, 0.15) is 11.1 Å². The number of fused-ring (bicyclic) bond motifs is 1. The first-order valence-electron chi connectivity index (χ1n) is 8.69. The van der Waals surface area contributed by atoms with Gasteiger partial charge in [0.2, 0.25) is 0 Å². The molecule has 4 rings (SSSR count). The van der Waals surface area contributed by atoms with E-state index >= 15 is 0 Å². The molecule has 2 heterocycles. The second kappa shape index (κ2) is 7.73. The maximum absolute atomic E-state index is 9.36. The molecular formula is C21H19N3O2S. The van der Waals surface area contributed by atoms with Crippen LogP contribution in [0.3, 0.4) is 0 Å². The lowest BCUT2D eigenvalue weighted by atomic mass is 10.1. The van der Waals surface area contributed by atoms with Crippen molar-refractivity contribution in [3.63, 3.8) is 0 Å². The van der Waals surface area contributed by atoms with Gasteiger partial charge < -0.3 is 15.5 Å². The molecule has 0 fully saturated rings. The van der Waals surface area contributed by atoms with Crippen LogP contribution in [-0.2, 0) is 13.0 Å². The molecule has 0 aliphatic heterocycles. The fourth-order valence-electron chi connectivity index (χ4n) is 2.93. The lowest BCUT2D eigenvalue weighted by molar-refractivity contribution is 0.282. The SMILES string of the molecule is OCc1cccc(-c2cc3ncnc(NCCc4ccc(O)cc4)c3s2)c1. The minimum atomic E-state index is 0.0304. The third kappa shape index (κ3) is 3.92. The van der Waals surface area contributed by atoms with Crippen LogP contribution in [0.2, 0.25) is 0 Å². The fourth-order valence-corrected chi connectivity index (χ4v) is 4.01. The van der Waals surface area contributed by atoms with Crippen LogP contribution < -0.4 is 5.32 Å². The molecule has 0 atom stereocenters. The van der Waals surface area contributed by atoms with E-state index < -0.39 is 0 Å². The van der Waals surface area contributed by atoms with Gasteiger partial charge in [0, 0.05) is 11.4 Å². The van der Waals surface area contributed by atoms with E-state index in [1.165, 1.54) is 0 Å². The number of nitrogens with zero attached hydrogens (tertiary/aromatic N) is 2. The molecule has 0 saturated heterocycles. The molecular weight excluding hydrogens is 358 g/mol. The zero-order valence-electron chi connectivity index (χ0n) is 14.6. The molecule has 0 amide bonds. The summed E-state index contributed by atoms with van der Waals surface area (Å²) in [6.45, 7) is 0.771.